The Morgan fingerprint density at radius 2 is 1.54 bits per heavy atom. The molecule has 52 heavy (non-hydrogen) atoms. The van der Waals surface area contributed by atoms with Crippen LogP contribution in [0.15, 0.2) is 94.7 Å². The third-order valence-corrected chi connectivity index (χ3v) is 10.2. The van der Waals surface area contributed by atoms with E-state index in [1.54, 1.807) is 23.8 Å². The second-order valence-electron chi connectivity index (χ2n) is 13.6. The summed E-state index contributed by atoms with van der Waals surface area (Å²) in [5.41, 5.74) is 4.42. The van der Waals surface area contributed by atoms with Crippen molar-refractivity contribution in [2.24, 2.45) is 4.99 Å². The zero-order valence-electron chi connectivity index (χ0n) is 29.5. The van der Waals surface area contributed by atoms with Crippen LogP contribution < -0.4 is 24.7 Å². The van der Waals surface area contributed by atoms with E-state index in [-0.39, 0.29) is 17.5 Å². The predicted molar refractivity (Wildman–Crippen MR) is 204 cm³/mol. The van der Waals surface area contributed by atoms with Gasteiger partial charge in [0.15, 0.2) is 11.5 Å². The Bertz CT molecular complexity index is 2160. The second kappa shape index (κ2) is 14.9. The molecule has 2 saturated heterocycles. The Morgan fingerprint density at radius 1 is 0.769 bits per heavy atom. The third kappa shape index (κ3) is 6.73. The van der Waals surface area contributed by atoms with E-state index in [1.807, 2.05) is 77.8 Å². The van der Waals surface area contributed by atoms with Crippen molar-refractivity contribution in [3.8, 4) is 34.3 Å². The molecule has 266 valence electrons. The van der Waals surface area contributed by atoms with E-state index in [1.165, 1.54) is 19.3 Å². The molecule has 4 heterocycles. The number of amides is 1. The Morgan fingerprint density at radius 3 is 2.33 bits per heavy atom. The molecule has 1 atom stereocenters. The molecule has 1 aromatic heterocycles. The summed E-state index contributed by atoms with van der Waals surface area (Å²) >= 11 is 0. The molecule has 2 fully saturated rings. The van der Waals surface area contributed by atoms with Gasteiger partial charge in [-0.15, -0.1) is 0 Å². The highest BCUT2D eigenvalue weighted by Crippen LogP contribution is 2.38. The first-order chi connectivity index (χ1) is 25.6. The Kier molecular flexibility index (Phi) is 9.61. The fourth-order valence-corrected chi connectivity index (χ4v) is 7.43. The van der Waals surface area contributed by atoms with Gasteiger partial charge in [0.2, 0.25) is 0 Å². The highest BCUT2D eigenvalue weighted by Gasteiger charge is 2.32. The number of unbranched alkanes of at least 4 members (excludes halogenated alkanes) is 1. The number of fused-ring (bicyclic) bond motifs is 3. The van der Waals surface area contributed by atoms with Gasteiger partial charge in [0, 0.05) is 43.2 Å². The van der Waals surface area contributed by atoms with Crippen molar-refractivity contribution in [1.82, 2.24) is 14.5 Å². The molecule has 5 aromatic rings. The van der Waals surface area contributed by atoms with E-state index >= 15 is 0 Å². The summed E-state index contributed by atoms with van der Waals surface area (Å²) in [6, 6.07) is 27.1. The van der Waals surface area contributed by atoms with Gasteiger partial charge in [0.25, 0.3) is 11.5 Å². The first kappa shape index (κ1) is 33.5. The lowest BCUT2D eigenvalue weighted by Crippen LogP contribution is -2.35. The maximum atomic E-state index is 14.2. The number of benzene rings is 4. The molecule has 0 unspecified atom stereocenters. The number of hydrogen-bond donors (Lipinski definition) is 0. The first-order valence-electron chi connectivity index (χ1n) is 18.4. The van der Waals surface area contributed by atoms with Crippen LogP contribution in [0.1, 0.15) is 55.3 Å². The maximum absolute atomic E-state index is 14.2. The van der Waals surface area contributed by atoms with Crippen molar-refractivity contribution in [1.29, 1.82) is 0 Å². The van der Waals surface area contributed by atoms with Crippen LogP contribution in [0.2, 0.25) is 0 Å². The smallest absolute Gasteiger partial charge is 0.266 e. The number of ether oxygens (including phenoxy) is 3. The summed E-state index contributed by atoms with van der Waals surface area (Å²) in [6.45, 7) is 3.73. The van der Waals surface area contributed by atoms with E-state index in [0.717, 1.165) is 68.0 Å². The largest absolute Gasteiger partial charge is 0.494 e. The van der Waals surface area contributed by atoms with Gasteiger partial charge >= 0.3 is 0 Å². The second-order valence-corrected chi connectivity index (χ2v) is 13.6. The molecule has 3 aliphatic rings. The number of piperidine rings is 1. The van der Waals surface area contributed by atoms with Crippen LogP contribution in [-0.4, -0.2) is 72.6 Å². The van der Waals surface area contributed by atoms with Gasteiger partial charge in [-0.3, -0.25) is 19.1 Å². The van der Waals surface area contributed by atoms with E-state index < -0.39 is 0 Å². The van der Waals surface area contributed by atoms with Gasteiger partial charge in [0.05, 0.1) is 54.2 Å². The van der Waals surface area contributed by atoms with Crippen LogP contribution in [-0.2, 0) is 0 Å². The zero-order valence-corrected chi connectivity index (χ0v) is 29.5. The van der Waals surface area contributed by atoms with Gasteiger partial charge < -0.3 is 24.0 Å². The molecule has 0 saturated carbocycles. The van der Waals surface area contributed by atoms with Crippen molar-refractivity contribution in [2.75, 3.05) is 44.9 Å². The van der Waals surface area contributed by atoms with E-state index in [9.17, 15) is 9.59 Å². The molecular weight excluding hydrogens is 654 g/mol. The molecule has 8 rings (SSSR count). The number of nitrogens with zero attached hydrogens (tertiary/aromatic N) is 5. The predicted octanol–water partition coefficient (Wildman–Crippen LogP) is 7.61. The molecule has 0 N–H and O–H groups in total. The number of methoxy groups -OCH3 is 1. The lowest BCUT2D eigenvalue weighted by molar-refractivity contribution is 0.0774. The van der Waals surface area contributed by atoms with Crippen molar-refractivity contribution >= 4 is 34.4 Å². The van der Waals surface area contributed by atoms with Crippen LogP contribution in [0, 0.1) is 0 Å². The minimum absolute atomic E-state index is 0.00974. The van der Waals surface area contributed by atoms with Gasteiger partial charge in [-0.25, -0.2) is 4.98 Å². The number of anilines is 1. The number of aliphatic imine (C=N–C) groups is 1. The summed E-state index contributed by atoms with van der Waals surface area (Å²) < 4.78 is 19.5. The van der Waals surface area contributed by atoms with Gasteiger partial charge in [-0.05, 0) is 93.5 Å². The molecule has 0 bridgehead atoms. The average molecular weight is 698 g/mol. The summed E-state index contributed by atoms with van der Waals surface area (Å²) in [5, 5.41) is 0.607. The molecular formula is C42H43N5O5. The quantitative estimate of drug-likeness (QED) is 0.131. The van der Waals surface area contributed by atoms with Crippen molar-refractivity contribution < 1.29 is 19.0 Å². The van der Waals surface area contributed by atoms with Crippen LogP contribution in [0.3, 0.4) is 0 Å². The fraction of sp³-hybridized carbons (Fsp3) is 0.333. The van der Waals surface area contributed by atoms with E-state index in [4.69, 9.17) is 19.2 Å². The molecule has 0 radical (unpaired) electrons. The van der Waals surface area contributed by atoms with Crippen molar-refractivity contribution in [3.05, 3.63) is 101 Å². The summed E-state index contributed by atoms with van der Waals surface area (Å²) in [5.74, 6) is 2.40. The molecule has 0 spiro atoms. The van der Waals surface area contributed by atoms with Gasteiger partial charge in [-0.1, -0.05) is 30.3 Å². The maximum Gasteiger partial charge on any atom is 0.266 e. The van der Waals surface area contributed by atoms with Crippen LogP contribution in [0.4, 0.5) is 11.4 Å². The third-order valence-electron chi connectivity index (χ3n) is 10.2. The fourth-order valence-electron chi connectivity index (χ4n) is 7.43. The lowest BCUT2D eigenvalue weighted by Gasteiger charge is -2.29. The van der Waals surface area contributed by atoms with Crippen LogP contribution >= 0.6 is 0 Å². The average Bonchev–Trinajstić information content (AvgIpc) is 3.63. The van der Waals surface area contributed by atoms with Crippen molar-refractivity contribution in [3.63, 3.8) is 0 Å². The Hall–Kier alpha value is -5.64. The normalized spacial score (nSPS) is 16.8. The Labute approximate surface area is 303 Å². The Balaban J connectivity index is 0.931. The SMILES string of the molecule is COc1cc2c(cc1OCCCCOc1ccc(-n3c(-c4ccccc4)nc4ccc(N5CCCCC5)cc4c3=O)cc1)N=C[C@@H]1CCCN1C2=O. The van der Waals surface area contributed by atoms with E-state index in [0.29, 0.717) is 52.7 Å². The standard InChI is InChI=1S/C42H43N5O5/c1-50-38-26-35-37(43-28-32-13-10-22-46(32)41(35)48)27-39(38)52-24-9-8-23-51-33-17-14-30(15-18-33)47-40(29-11-4-2-5-12-29)44-36-19-16-31(25-34(36)42(47)49)45-20-6-3-7-21-45/h2,4-5,11-12,14-19,25-28,32H,3,6-10,13,20-24H2,1H3/t32-/m0/s1. The number of rotatable bonds is 11. The van der Waals surface area contributed by atoms with Gasteiger partial charge in [0.1, 0.15) is 11.6 Å². The summed E-state index contributed by atoms with van der Waals surface area (Å²) in [4.78, 5) is 41.3. The first-order valence-corrected chi connectivity index (χ1v) is 18.4. The van der Waals surface area contributed by atoms with Crippen molar-refractivity contribution in [2.45, 2.75) is 51.0 Å². The molecule has 10 heteroatoms. The summed E-state index contributed by atoms with van der Waals surface area (Å²) in [6.07, 6.45) is 8.92. The van der Waals surface area contributed by atoms with E-state index in [2.05, 4.69) is 16.0 Å². The molecule has 4 aromatic carbocycles. The zero-order chi connectivity index (χ0) is 35.4. The minimum Gasteiger partial charge on any atom is -0.494 e. The number of carbonyl (C=O) groups is 1. The highest BCUT2D eigenvalue weighted by molar-refractivity contribution is 6.03. The number of hydrogen-bond acceptors (Lipinski definition) is 8. The molecule has 3 aliphatic heterocycles. The highest BCUT2D eigenvalue weighted by atomic mass is 16.5. The van der Waals surface area contributed by atoms with Crippen LogP contribution in [0.5, 0.6) is 17.2 Å². The number of aromatic nitrogens is 2. The topological polar surface area (TPSA) is 98.5 Å². The minimum atomic E-state index is -0.0961. The van der Waals surface area contributed by atoms with Crippen LogP contribution in [0.25, 0.3) is 28.0 Å². The molecule has 1 amide bonds. The monoisotopic (exact) mass is 697 g/mol. The molecule has 0 aliphatic carbocycles. The summed E-state index contributed by atoms with van der Waals surface area (Å²) in [7, 11) is 1.58. The lowest BCUT2D eigenvalue weighted by atomic mass is 10.1. The van der Waals surface area contributed by atoms with Gasteiger partial charge in [-0.2, -0.15) is 0 Å². The number of carbonyl (C=O) groups excluding carboxylic acids is 1. The molecule has 10 nitrogen and oxygen atoms in total.